The van der Waals surface area contributed by atoms with Crippen molar-refractivity contribution >= 4 is 16.1 Å². The van der Waals surface area contributed by atoms with Gasteiger partial charge in [0.2, 0.25) is 10.0 Å². The zero-order valence-electron chi connectivity index (χ0n) is 16.3. The molecule has 5 nitrogen and oxygen atoms in total. The predicted octanol–water partition coefficient (Wildman–Crippen LogP) is 4.19. The summed E-state index contributed by atoms with van der Waals surface area (Å²) in [6.07, 6.45) is 0.812. The van der Waals surface area contributed by atoms with Crippen LogP contribution in [0, 0.1) is 5.92 Å². The van der Waals surface area contributed by atoms with Crippen molar-refractivity contribution in [2.45, 2.75) is 50.7 Å². The highest BCUT2D eigenvalue weighted by atomic mass is 32.2. The topological polar surface area (TPSA) is 72.5 Å². The Balaban J connectivity index is 2.04. The third-order valence-electron chi connectivity index (χ3n) is 5.47. The summed E-state index contributed by atoms with van der Waals surface area (Å²) in [5, 5.41) is 0. The lowest BCUT2D eigenvalue weighted by atomic mass is 9.80. The van der Waals surface area contributed by atoms with Crippen molar-refractivity contribution in [3.63, 3.8) is 0 Å². The summed E-state index contributed by atoms with van der Waals surface area (Å²) in [4.78, 5) is 11.3. The number of sulfonamides is 1. The molecule has 0 amide bonds. The molecule has 150 valence electrons. The number of rotatable bonds is 5. The standard InChI is InChI=1S/C21H24FNO4S/c1-5-14-6-9-16(10-7-14)28(25,26)23-19-13(2)21(3,4)27-18-11-8-15(20(22)24)12-17(18)19/h6-13,19,23H,5H2,1-4H3/t13-,19-/m0/s1. The monoisotopic (exact) mass is 405 g/mol. The Morgan fingerprint density at radius 1 is 1.18 bits per heavy atom. The minimum atomic E-state index is -3.83. The third kappa shape index (κ3) is 3.82. The van der Waals surface area contributed by atoms with E-state index in [1.807, 2.05) is 27.7 Å². The van der Waals surface area contributed by atoms with Crippen LogP contribution in [0.25, 0.3) is 0 Å². The number of hydrogen-bond donors (Lipinski definition) is 1. The minimum Gasteiger partial charge on any atom is -0.487 e. The maximum atomic E-state index is 13.2. The third-order valence-corrected chi connectivity index (χ3v) is 6.92. The van der Waals surface area contributed by atoms with Crippen LogP contribution in [0.5, 0.6) is 5.75 Å². The highest BCUT2D eigenvalue weighted by Gasteiger charge is 2.43. The average Bonchev–Trinajstić information content (AvgIpc) is 2.65. The van der Waals surface area contributed by atoms with Crippen LogP contribution in [0.1, 0.15) is 55.2 Å². The van der Waals surface area contributed by atoms with E-state index in [4.69, 9.17) is 4.74 Å². The van der Waals surface area contributed by atoms with Crippen LogP contribution < -0.4 is 9.46 Å². The number of benzene rings is 2. The van der Waals surface area contributed by atoms with Crippen molar-refractivity contribution in [3.05, 3.63) is 59.2 Å². The first-order valence-electron chi connectivity index (χ1n) is 9.19. The quantitative estimate of drug-likeness (QED) is 0.758. The first-order chi connectivity index (χ1) is 13.0. The molecule has 1 aliphatic rings. The van der Waals surface area contributed by atoms with Crippen LogP contribution in [-0.4, -0.2) is 20.1 Å². The van der Waals surface area contributed by atoms with Gasteiger partial charge in [-0.05, 0) is 56.2 Å². The maximum Gasteiger partial charge on any atom is 0.332 e. The number of ether oxygens (including phenoxy) is 1. The van der Waals surface area contributed by atoms with Crippen molar-refractivity contribution in [1.29, 1.82) is 0 Å². The summed E-state index contributed by atoms with van der Waals surface area (Å²) in [5.41, 5.74) is 0.693. The minimum absolute atomic E-state index is 0.134. The van der Waals surface area contributed by atoms with E-state index in [0.29, 0.717) is 11.3 Å². The molecule has 0 saturated heterocycles. The summed E-state index contributed by atoms with van der Waals surface area (Å²) >= 11 is 0. The smallest absolute Gasteiger partial charge is 0.332 e. The average molecular weight is 405 g/mol. The number of fused-ring (bicyclic) bond motifs is 1. The van der Waals surface area contributed by atoms with Gasteiger partial charge in [-0.2, -0.15) is 4.39 Å². The molecular formula is C21H24FNO4S. The zero-order chi connectivity index (χ0) is 20.7. The fraction of sp³-hybridized carbons (Fsp3) is 0.381. The lowest BCUT2D eigenvalue weighted by molar-refractivity contribution is 0.0167. The Bertz CT molecular complexity index is 1000. The molecule has 0 saturated carbocycles. The number of carbonyl (C=O) groups is 1. The summed E-state index contributed by atoms with van der Waals surface area (Å²) < 4.78 is 47.9. The highest BCUT2D eigenvalue weighted by molar-refractivity contribution is 7.89. The first kappa shape index (κ1) is 20.5. The van der Waals surface area contributed by atoms with E-state index in [1.54, 1.807) is 24.3 Å². The van der Waals surface area contributed by atoms with Gasteiger partial charge in [0, 0.05) is 11.5 Å². The lowest BCUT2D eigenvalue weighted by Gasteiger charge is -2.43. The highest BCUT2D eigenvalue weighted by Crippen LogP contribution is 2.44. The molecule has 1 N–H and O–H groups in total. The lowest BCUT2D eigenvalue weighted by Crippen LogP contribution is -2.48. The second-order valence-corrected chi connectivity index (χ2v) is 9.33. The molecule has 1 heterocycles. The number of hydrogen-bond acceptors (Lipinski definition) is 4. The molecule has 0 spiro atoms. The molecule has 2 atom stereocenters. The second kappa shape index (κ2) is 7.29. The SMILES string of the molecule is CCc1ccc(S(=O)(=O)N[C@@H]2c3cc(C(=O)F)ccc3OC(C)(C)[C@H]2C)cc1. The molecule has 0 aliphatic carbocycles. The Morgan fingerprint density at radius 2 is 1.82 bits per heavy atom. The number of aryl methyl sites for hydroxylation is 1. The fourth-order valence-electron chi connectivity index (χ4n) is 3.36. The van der Waals surface area contributed by atoms with Crippen LogP contribution >= 0.6 is 0 Å². The number of halogens is 1. The van der Waals surface area contributed by atoms with Crippen LogP contribution in [0.15, 0.2) is 47.4 Å². The summed E-state index contributed by atoms with van der Waals surface area (Å²) in [6.45, 7) is 7.59. The maximum absolute atomic E-state index is 13.2. The van der Waals surface area contributed by atoms with Crippen LogP contribution in [0.4, 0.5) is 4.39 Å². The molecule has 0 radical (unpaired) electrons. The van der Waals surface area contributed by atoms with Crippen LogP contribution in [-0.2, 0) is 16.4 Å². The van der Waals surface area contributed by atoms with E-state index in [0.717, 1.165) is 12.0 Å². The van der Waals surface area contributed by atoms with E-state index in [9.17, 15) is 17.6 Å². The summed E-state index contributed by atoms with van der Waals surface area (Å²) in [6, 6.07) is 8.65. The van der Waals surface area contributed by atoms with Crippen molar-refractivity contribution in [2.24, 2.45) is 5.92 Å². The van der Waals surface area contributed by atoms with Crippen molar-refractivity contribution in [3.8, 4) is 5.75 Å². The van der Waals surface area contributed by atoms with Crippen molar-refractivity contribution in [1.82, 2.24) is 4.72 Å². The van der Waals surface area contributed by atoms with Gasteiger partial charge in [-0.1, -0.05) is 26.0 Å². The zero-order valence-corrected chi connectivity index (χ0v) is 17.1. The molecule has 28 heavy (non-hydrogen) atoms. The van der Waals surface area contributed by atoms with E-state index >= 15 is 0 Å². The van der Waals surface area contributed by atoms with Gasteiger partial charge >= 0.3 is 6.04 Å². The molecule has 0 fully saturated rings. The molecule has 0 aromatic heterocycles. The number of nitrogens with one attached hydrogen (secondary N) is 1. The normalized spacial score (nSPS) is 20.9. The van der Waals surface area contributed by atoms with Gasteiger partial charge in [0.15, 0.2) is 0 Å². The fourth-order valence-corrected chi connectivity index (χ4v) is 4.65. The molecule has 0 unspecified atom stereocenters. The Morgan fingerprint density at radius 3 is 2.39 bits per heavy atom. The van der Waals surface area contributed by atoms with Gasteiger partial charge in [0.25, 0.3) is 0 Å². The summed E-state index contributed by atoms with van der Waals surface area (Å²) in [5.74, 6) is 0.164. The van der Waals surface area contributed by atoms with Gasteiger partial charge in [-0.3, -0.25) is 4.79 Å². The van der Waals surface area contributed by atoms with Gasteiger partial charge < -0.3 is 4.74 Å². The van der Waals surface area contributed by atoms with Gasteiger partial charge in [0.1, 0.15) is 11.4 Å². The Kier molecular flexibility index (Phi) is 5.34. The van der Waals surface area contributed by atoms with E-state index in [1.165, 1.54) is 18.2 Å². The van der Waals surface area contributed by atoms with Crippen molar-refractivity contribution < 1.29 is 22.3 Å². The largest absolute Gasteiger partial charge is 0.487 e. The molecule has 0 bridgehead atoms. The van der Waals surface area contributed by atoms with E-state index in [-0.39, 0.29) is 16.4 Å². The molecule has 2 aromatic rings. The molecule has 2 aromatic carbocycles. The van der Waals surface area contributed by atoms with Gasteiger partial charge in [-0.25, -0.2) is 13.1 Å². The molecule has 7 heteroatoms. The Hall–Kier alpha value is -2.25. The van der Waals surface area contributed by atoms with Gasteiger partial charge in [-0.15, -0.1) is 0 Å². The van der Waals surface area contributed by atoms with E-state index in [2.05, 4.69) is 4.72 Å². The Labute approximate surface area is 165 Å². The van der Waals surface area contributed by atoms with Crippen LogP contribution in [0.2, 0.25) is 0 Å². The number of carbonyl (C=O) groups excluding carboxylic acids is 1. The van der Waals surface area contributed by atoms with E-state index < -0.39 is 27.7 Å². The summed E-state index contributed by atoms with van der Waals surface area (Å²) in [7, 11) is -3.83. The first-order valence-corrected chi connectivity index (χ1v) is 10.7. The molecular weight excluding hydrogens is 381 g/mol. The molecule has 3 rings (SSSR count). The molecule has 1 aliphatic heterocycles. The van der Waals surface area contributed by atoms with Crippen molar-refractivity contribution in [2.75, 3.05) is 0 Å². The van der Waals surface area contributed by atoms with Gasteiger partial charge in [0.05, 0.1) is 16.5 Å². The second-order valence-electron chi connectivity index (χ2n) is 7.62. The van der Waals surface area contributed by atoms with Crippen LogP contribution in [0.3, 0.4) is 0 Å². The predicted molar refractivity (Wildman–Crippen MR) is 105 cm³/mol.